The second kappa shape index (κ2) is 10.7. The van der Waals surface area contributed by atoms with Gasteiger partial charge in [-0.25, -0.2) is 0 Å². The van der Waals surface area contributed by atoms with Crippen molar-refractivity contribution in [2.75, 3.05) is 13.1 Å². The van der Waals surface area contributed by atoms with E-state index in [9.17, 15) is 9.59 Å². The predicted molar refractivity (Wildman–Crippen MR) is 158 cm³/mol. The molecule has 0 saturated heterocycles. The molecule has 2 atom stereocenters. The van der Waals surface area contributed by atoms with Crippen LogP contribution in [0.15, 0.2) is 47.5 Å². The van der Waals surface area contributed by atoms with Crippen LogP contribution < -0.4 is 5.32 Å². The number of carbonyl (C=O) groups is 2. The predicted octanol–water partition coefficient (Wildman–Crippen LogP) is 6.99. The van der Waals surface area contributed by atoms with Crippen molar-refractivity contribution in [1.82, 2.24) is 15.1 Å². The van der Waals surface area contributed by atoms with Crippen LogP contribution in [0.4, 0.5) is 0 Å². The van der Waals surface area contributed by atoms with Gasteiger partial charge in [0.15, 0.2) is 5.78 Å². The smallest absolute Gasteiger partial charge is 0.253 e. The molecule has 0 fully saturated rings. The van der Waals surface area contributed by atoms with E-state index in [0.717, 1.165) is 49.2 Å². The highest BCUT2D eigenvalue weighted by molar-refractivity contribution is 5.97. The Bertz CT molecular complexity index is 1040. The molecule has 3 aliphatic rings. The highest BCUT2D eigenvalue weighted by Gasteiger charge is 2.37. The first-order chi connectivity index (χ1) is 17.3. The van der Waals surface area contributed by atoms with Crippen LogP contribution in [-0.2, 0) is 9.59 Å². The van der Waals surface area contributed by atoms with Crippen molar-refractivity contribution in [3.63, 3.8) is 0 Å². The van der Waals surface area contributed by atoms with Crippen molar-refractivity contribution in [2.24, 2.45) is 22.7 Å². The zero-order chi connectivity index (χ0) is 28.7. The molecule has 3 rings (SSSR count). The number of allylic oxidation sites excluding steroid dienone is 4. The molecule has 5 heteroatoms. The van der Waals surface area contributed by atoms with E-state index in [0.29, 0.717) is 6.42 Å². The van der Waals surface area contributed by atoms with Crippen molar-refractivity contribution in [3.8, 4) is 0 Å². The normalized spacial score (nSPS) is 24.3. The van der Waals surface area contributed by atoms with E-state index in [1.54, 1.807) is 0 Å². The van der Waals surface area contributed by atoms with Gasteiger partial charge in [-0.05, 0) is 89.5 Å². The van der Waals surface area contributed by atoms with Gasteiger partial charge in [0.05, 0.1) is 0 Å². The number of nitrogens with zero attached hydrogens (tertiary/aromatic N) is 2. The van der Waals surface area contributed by atoms with Crippen LogP contribution in [0.25, 0.3) is 0 Å². The van der Waals surface area contributed by atoms with Crippen molar-refractivity contribution >= 4 is 11.7 Å². The van der Waals surface area contributed by atoms with Gasteiger partial charge in [-0.15, -0.1) is 0 Å². The summed E-state index contributed by atoms with van der Waals surface area (Å²) in [4.78, 5) is 31.4. The number of amides is 1. The van der Waals surface area contributed by atoms with E-state index < -0.39 is 0 Å². The molecule has 0 bridgehead atoms. The van der Waals surface area contributed by atoms with Crippen molar-refractivity contribution in [1.29, 1.82) is 0 Å². The number of rotatable bonds is 6. The van der Waals surface area contributed by atoms with Crippen molar-refractivity contribution in [3.05, 3.63) is 47.5 Å². The Hall–Kier alpha value is -2.30. The maximum absolute atomic E-state index is 13.5. The van der Waals surface area contributed by atoms with Gasteiger partial charge in [-0.3, -0.25) is 9.59 Å². The Morgan fingerprint density at radius 1 is 0.921 bits per heavy atom. The lowest BCUT2D eigenvalue weighted by atomic mass is 9.74. The third kappa shape index (κ3) is 7.01. The van der Waals surface area contributed by atoms with Gasteiger partial charge in [-0.1, -0.05) is 46.8 Å². The van der Waals surface area contributed by atoms with Gasteiger partial charge < -0.3 is 15.1 Å². The fourth-order valence-electron chi connectivity index (χ4n) is 5.64. The second-order valence-corrected chi connectivity index (χ2v) is 15.1. The van der Waals surface area contributed by atoms with Crippen molar-refractivity contribution in [2.45, 2.75) is 113 Å². The van der Waals surface area contributed by atoms with E-state index in [2.05, 4.69) is 116 Å². The van der Waals surface area contributed by atoms with Gasteiger partial charge in [-0.2, -0.15) is 0 Å². The molecule has 2 heterocycles. The summed E-state index contributed by atoms with van der Waals surface area (Å²) >= 11 is 0. The number of nitrogens with one attached hydrogen (secondary N) is 1. The molecule has 212 valence electrons. The average molecular weight is 524 g/mol. The summed E-state index contributed by atoms with van der Waals surface area (Å²) < 4.78 is 0. The van der Waals surface area contributed by atoms with Crippen LogP contribution in [0, 0.1) is 22.7 Å². The molecule has 0 saturated carbocycles. The van der Waals surface area contributed by atoms with Gasteiger partial charge >= 0.3 is 0 Å². The first kappa shape index (κ1) is 30.2. The van der Waals surface area contributed by atoms with Gasteiger partial charge in [0.25, 0.3) is 5.91 Å². The van der Waals surface area contributed by atoms with Gasteiger partial charge in [0, 0.05) is 59.8 Å². The standard InChI is InChI=1S/C33H53N3O2/c1-23(20-28(37)26-21-35(30(2,3)4)18-16-32(26,8)9)24-12-14-25(15-13-24)34-29(38)27-22-36(31(5,6)7)19-17-33(27,10)11/h12,14-15,21-24H,13,16-20H2,1-11H3,(H,34,38). The molecule has 38 heavy (non-hydrogen) atoms. The molecular formula is C33H53N3O2. The Morgan fingerprint density at radius 2 is 1.42 bits per heavy atom. The highest BCUT2D eigenvalue weighted by Crippen LogP contribution is 2.40. The Balaban J connectivity index is 1.63. The summed E-state index contributed by atoms with van der Waals surface area (Å²) in [7, 11) is 0. The van der Waals surface area contributed by atoms with Gasteiger partial charge in [0.1, 0.15) is 0 Å². The number of carbonyl (C=O) groups excluding carboxylic acids is 2. The molecular weight excluding hydrogens is 470 g/mol. The average Bonchev–Trinajstić information content (AvgIpc) is 2.77. The third-order valence-electron chi connectivity index (χ3n) is 8.88. The zero-order valence-corrected chi connectivity index (χ0v) is 26.0. The van der Waals surface area contributed by atoms with Crippen LogP contribution in [0.2, 0.25) is 0 Å². The fraction of sp³-hybridized carbons (Fsp3) is 0.697. The SMILES string of the molecule is CC(CC(=O)C1=CN(C(C)(C)C)CCC1(C)C)C1C=CC(NC(=O)C2=CN(C(C)(C)C)CCC2(C)C)=CC1. The van der Waals surface area contributed by atoms with E-state index in [4.69, 9.17) is 0 Å². The Kier molecular flexibility index (Phi) is 8.51. The minimum absolute atomic E-state index is 0.0131. The highest BCUT2D eigenvalue weighted by atomic mass is 16.1. The topological polar surface area (TPSA) is 52.7 Å². The van der Waals surface area contributed by atoms with Crippen LogP contribution in [0.1, 0.15) is 102 Å². The molecule has 0 spiro atoms. The maximum Gasteiger partial charge on any atom is 0.253 e. The van der Waals surface area contributed by atoms with E-state index in [1.807, 2.05) is 6.08 Å². The van der Waals surface area contributed by atoms with E-state index >= 15 is 0 Å². The lowest BCUT2D eigenvalue weighted by molar-refractivity contribution is -0.118. The lowest BCUT2D eigenvalue weighted by Gasteiger charge is -2.43. The third-order valence-corrected chi connectivity index (χ3v) is 8.88. The fourth-order valence-corrected chi connectivity index (χ4v) is 5.64. The second-order valence-electron chi connectivity index (χ2n) is 15.1. The molecule has 1 N–H and O–H groups in total. The van der Waals surface area contributed by atoms with E-state index in [-0.39, 0.29) is 45.4 Å². The largest absolute Gasteiger partial charge is 0.372 e. The minimum atomic E-state index is -0.160. The van der Waals surface area contributed by atoms with Crippen LogP contribution >= 0.6 is 0 Å². The summed E-state index contributed by atoms with van der Waals surface area (Å²) in [6, 6.07) is 0. The van der Waals surface area contributed by atoms with Gasteiger partial charge in [0.2, 0.25) is 0 Å². The molecule has 1 amide bonds. The maximum atomic E-state index is 13.5. The lowest BCUT2D eigenvalue weighted by Crippen LogP contribution is -2.45. The summed E-state index contributed by atoms with van der Waals surface area (Å²) in [6.45, 7) is 26.0. The molecule has 0 radical (unpaired) electrons. The summed E-state index contributed by atoms with van der Waals surface area (Å²) in [5.74, 6) is 0.765. The Labute approximate surface area is 232 Å². The quantitative estimate of drug-likeness (QED) is 0.408. The molecule has 1 aliphatic carbocycles. The van der Waals surface area contributed by atoms with Crippen molar-refractivity contribution < 1.29 is 9.59 Å². The Morgan fingerprint density at radius 3 is 1.89 bits per heavy atom. The number of Topliss-reactive ketones (excluding diaryl/α,β-unsaturated/α-hetero) is 1. The molecule has 2 aliphatic heterocycles. The monoisotopic (exact) mass is 523 g/mol. The number of hydrogen-bond acceptors (Lipinski definition) is 4. The number of hydrogen-bond donors (Lipinski definition) is 1. The first-order valence-electron chi connectivity index (χ1n) is 14.5. The molecule has 0 aromatic heterocycles. The summed E-state index contributed by atoms with van der Waals surface area (Å²) in [5, 5.41) is 3.16. The molecule has 2 unspecified atom stereocenters. The molecule has 5 nitrogen and oxygen atoms in total. The zero-order valence-electron chi connectivity index (χ0n) is 26.0. The van der Waals surface area contributed by atoms with Crippen LogP contribution in [-0.4, -0.2) is 45.7 Å². The van der Waals surface area contributed by atoms with E-state index in [1.165, 1.54) is 0 Å². The molecule has 0 aromatic carbocycles. The summed E-state index contributed by atoms with van der Waals surface area (Å²) in [5.41, 5.74) is 2.39. The minimum Gasteiger partial charge on any atom is -0.372 e. The molecule has 0 aromatic rings. The van der Waals surface area contributed by atoms with Crippen LogP contribution in [0.5, 0.6) is 0 Å². The summed E-state index contributed by atoms with van der Waals surface area (Å²) in [6.07, 6.45) is 13.8. The van der Waals surface area contributed by atoms with Crippen LogP contribution in [0.3, 0.4) is 0 Å². The number of ketones is 1. The first-order valence-corrected chi connectivity index (χ1v) is 14.5.